The number of hydrogen-bond donors (Lipinski definition) is 2. The maximum absolute atomic E-state index is 12.6. The van der Waals surface area contributed by atoms with Gasteiger partial charge in [-0.05, 0) is 67.2 Å². The van der Waals surface area contributed by atoms with Gasteiger partial charge in [-0.3, -0.25) is 0 Å². The van der Waals surface area contributed by atoms with Crippen LogP contribution in [0, 0.1) is 6.92 Å². The number of sulfonamides is 1. The van der Waals surface area contributed by atoms with E-state index < -0.39 is 20.7 Å². The molecule has 0 aliphatic carbocycles. The van der Waals surface area contributed by atoms with Crippen LogP contribution in [0.4, 0.5) is 23.1 Å². The van der Waals surface area contributed by atoms with Crippen LogP contribution in [0.5, 0.6) is 0 Å². The van der Waals surface area contributed by atoms with Gasteiger partial charge in [-0.1, -0.05) is 46.6 Å². The number of aryl methyl sites for hydroxylation is 1. The molecule has 170 valence electrons. The summed E-state index contributed by atoms with van der Waals surface area (Å²) in [5.41, 5.74) is 3.03. The van der Waals surface area contributed by atoms with Gasteiger partial charge < -0.3 is 10.6 Å². The first-order valence-corrected chi connectivity index (χ1v) is 13.4. The lowest BCUT2D eigenvalue weighted by atomic mass is 9.99. The van der Waals surface area contributed by atoms with Gasteiger partial charge in [-0.2, -0.15) is 13.4 Å². The molecule has 0 aliphatic rings. The number of para-hydroxylation sites is 1. The highest BCUT2D eigenvalue weighted by molar-refractivity contribution is 7.99. The fourth-order valence-electron chi connectivity index (χ4n) is 3.02. The molecule has 4 aromatic rings. The third-order valence-corrected chi connectivity index (χ3v) is 8.34. The van der Waals surface area contributed by atoms with E-state index in [2.05, 4.69) is 24.4 Å². The van der Waals surface area contributed by atoms with Gasteiger partial charge in [0.2, 0.25) is 5.95 Å². The molecule has 0 fully saturated rings. The second-order valence-electron chi connectivity index (χ2n) is 7.48. The van der Waals surface area contributed by atoms with E-state index in [-0.39, 0.29) is 4.90 Å². The van der Waals surface area contributed by atoms with Gasteiger partial charge in [0.15, 0.2) is 0 Å². The molecule has 1 aromatic heterocycles. The van der Waals surface area contributed by atoms with Crippen molar-refractivity contribution < 1.29 is 8.42 Å². The molecule has 0 saturated carbocycles. The van der Waals surface area contributed by atoms with Crippen LogP contribution in [0.15, 0.2) is 98.6 Å². The first kappa shape index (κ1) is 23.7. The van der Waals surface area contributed by atoms with Crippen molar-refractivity contribution in [1.29, 1.82) is 0 Å². The van der Waals surface area contributed by atoms with Gasteiger partial charge in [-0.25, -0.2) is 4.98 Å². The lowest BCUT2D eigenvalue weighted by Gasteiger charge is -2.11. The van der Waals surface area contributed by atoms with Crippen LogP contribution in [-0.4, -0.2) is 32.5 Å². The smallest absolute Gasteiger partial charge is 0.288 e. The van der Waals surface area contributed by atoms with Gasteiger partial charge in [-0.15, -0.1) is 3.77 Å². The fraction of sp³-hybridized carbons (Fsp3) is 0.0833. The summed E-state index contributed by atoms with van der Waals surface area (Å²) < 4.78 is 29.3. The Bertz CT molecular complexity index is 1430. The number of nitrogens with zero attached hydrogens (tertiary/aromatic N) is 3. The average molecular weight is 487 g/mol. The Morgan fingerprint density at radius 1 is 0.882 bits per heavy atom. The summed E-state index contributed by atoms with van der Waals surface area (Å²) in [7, 11) is 1.43. The summed E-state index contributed by atoms with van der Waals surface area (Å²) in [6.45, 7) is 1.91. The van der Waals surface area contributed by atoms with Gasteiger partial charge in [0.05, 0.1) is 4.90 Å². The Kier molecular flexibility index (Phi) is 7.09. The number of anilines is 4. The van der Waals surface area contributed by atoms with E-state index in [0.29, 0.717) is 17.2 Å². The average Bonchev–Trinajstić information content (AvgIpc) is 2.82. The normalized spacial score (nSPS) is 12.3. The van der Waals surface area contributed by atoms with Gasteiger partial charge in [0, 0.05) is 22.5 Å². The molecule has 0 saturated heterocycles. The Hall–Kier alpha value is -3.50. The van der Waals surface area contributed by atoms with Crippen LogP contribution in [0.25, 0.3) is 0 Å². The van der Waals surface area contributed by atoms with E-state index in [1.807, 2.05) is 61.5 Å². The number of nitrogens with one attached hydrogen (secondary N) is 2. The molecular formula is C24H22BN5O2S2. The first-order chi connectivity index (χ1) is 16.3. The molecule has 10 heteroatoms. The van der Waals surface area contributed by atoms with E-state index in [1.54, 1.807) is 30.5 Å². The molecule has 0 aliphatic heterocycles. The van der Waals surface area contributed by atoms with Crippen molar-refractivity contribution >= 4 is 57.2 Å². The molecule has 1 atom stereocenters. The Morgan fingerprint density at radius 2 is 1.53 bits per heavy atom. The van der Waals surface area contributed by atoms with E-state index >= 15 is 0 Å². The minimum Gasteiger partial charge on any atom is -0.341 e. The fourth-order valence-corrected chi connectivity index (χ4v) is 5.89. The molecule has 2 radical (unpaired) electrons. The van der Waals surface area contributed by atoms with Gasteiger partial charge >= 0.3 is 0 Å². The molecular weight excluding hydrogens is 465 g/mol. The predicted octanol–water partition coefficient (Wildman–Crippen LogP) is 4.25. The topological polar surface area (TPSA) is 96.3 Å². The SMILES string of the molecule is [B]c1cnc(Nc2ccc(S(C)=NS(=O)(=O)c3ccc(C)cc3)cc2)nc1Nc1ccccc1. The van der Waals surface area contributed by atoms with Crippen LogP contribution < -0.4 is 16.1 Å². The third kappa shape index (κ3) is 5.89. The zero-order valence-corrected chi connectivity index (χ0v) is 20.3. The number of aromatic nitrogens is 2. The second-order valence-corrected chi connectivity index (χ2v) is 10.9. The maximum Gasteiger partial charge on any atom is 0.288 e. The summed E-state index contributed by atoms with van der Waals surface area (Å²) in [4.78, 5) is 9.68. The number of rotatable bonds is 7. The zero-order chi connectivity index (χ0) is 24.1. The highest BCUT2D eigenvalue weighted by atomic mass is 32.3. The lowest BCUT2D eigenvalue weighted by Crippen LogP contribution is -2.14. The third-order valence-electron chi connectivity index (χ3n) is 4.83. The summed E-state index contributed by atoms with van der Waals surface area (Å²) in [5.74, 6) is 0.873. The molecule has 2 N–H and O–H groups in total. The molecule has 4 rings (SSSR count). The summed E-state index contributed by atoms with van der Waals surface area (Å²) in [5, 5.41) is 6.32. The van der Waals surface area contributed by atoms with E-state index in [4.69, 9.17) is 7.85 Å². The minimum atomic E-state index is -3.73. The molecule has 0 spiro atoms. The summed E-state index contributed by atoms with van der Waals surface area (Å²) in [6, 6.07) is 23.6. The van der Waals surface area contributed by atoms with Crippen LogP contribution in [-0.2, 0) is 20.7 Å². The summed E-state index contributed by atoms with van der Waals surface area (Å²) in [6.07, 6.45) is 3.31. The zero-order valence-electron chi connectivity index (χ0n) is 18.6. The number of hydrogen-bond acceptors (Lipinski definition) is 6. The molecule has 7 nitrogen and oxygen atoms in total. The van der Waals surface area contributed by atoms with Crippen molar-refractivity contribution in [3.05, 3.63) is 90.6 Å². The minimum absolute atomic E-state index is 0.191. The first-order valence-electron chi connectivity index (χ1n) is 10.3. The lowest BCUT2D eigenvalue weighted by molar-refractivity contribution is 0.598. The van der Waals surface area contributed by atoms with Crippen LogP contribution >= 0.6 is 0 Å². The molecule has 0 bridgehead atoms. The van der Waals surface area contributed by atoms with E-state index in [1.165, 1.54) is 6.20 Å². The van der Waals surface area contributed by atoms with Gasteiger partial charge in [0.1, 0.15) is 13.7 Å². The van der Waals surface area contributed by atoms with Crippen LogP contribution in [0.1, 0.15) is 5.56 Å². The number of benzene rings is 3. The summed E-state index contributed by atoms with van der Waals surface area (Å²) >= 11 is 0. The standard InChI is InChI=1S/C24H22BN5O2S2/c1-17-8-14-21(15-9-17)34(31,32)30-33(2)20-12-10-19(11-13-20)28-24-26-16-22(25)23(29-24)27-18-6-4-3-5-7-18/h3-16H,1-2H3,(H2,26,27,28,29). The Morgan fingerprint density at radius 3 is 2.21 bits per heavy atom. The van der Waals surface area contributed by atoms with E-state index in [0.717, 1.165) is 21.8 Å². The quantitative estimate of drug-likeness (QED) is 0.379. The van der Waals surface area contributed by atoms with Crippen molar-refractivity contribution in [2.75, 3.05) is 16.9 Å². The molecule has 34 heavy (non-hydrogen) atoms. The second kappa shape index (κ2) is 10.2. The van der Waals surface area contributed by atoms with Crippen molar-refractivity contribution in [3.8, 4) is 0 Å². The largest absolute Gasteiger partial charge is 0.341 e. The Labute approximate surface area is 203 Å². The van der Waals surface area contributed by atoms with Crippen molar-refractivity contribution in [1.82, 2.24) is 9.97 Å². The molecule has 3 aromatic carbocycles. The monoisotopic (exact) mass is 487 g/mol. The Balaban J connectivity index is 1.49. The molecule has 1 heterocycles. The highest BCUT2D eigenvalue weighted by Crippen LogP contribution is 2.20. The van der Waals surface area contributed by atoms with Crippen molar-refractivity contribution in [2.24, 2.45) is 3.77 Å². The van der Waals surface area contributed by atoms with Crippen molar-refractivity contribution in [2.45, 2.75) is 16.7 Å². The van der Waals surface area contributed by atoms with Crippen molar-refractivity contribution in [3.63, 3.8) is 0 Å². The maximum atomic E-state index is 12.6. The van der Waals surface area contributed by atoms with E-state index in [9.17, 15) is 8.42 Å². The highest BCUT2D eigenvalue weighted by Gasteiger charge is 2.13. The van der Waals surface area contributed by atoms with Crippen LogP contribution in [0.3, 0.4) is 0 Å². The predicted molar refractivity (Wildman–Crippen MR) is 139 cm³/mol. The van der Waals surface area contributed by atoms with Crippen LogP contribution in [0.2, 0.25) is 0 Å². The van der Waals surface area contributed by atoms with Gasteiger partial charge in [0.25, 0.3) is 10.0 Å². The molecule has 0 amide bonds. The molecule has 1 unspecified atom stereocenters.